The molecular formula is C50H40N2. The highest BCUT2D eigenvalue weighted by atomic mass is 14.9. The molecule has 1 fully saturated rings. The summed E-state index contributed by atoms with van der Waals surface area (Å²) in [5.41, 5.74) is 17.4. The Hall–Kier alpha value is -5.86. The van der Waals surface area contributed by atoms with E-state index in [0.717, 1.165) is 39.8 Å². The van der Waals surface area contributed by atoms with Crippen molar-refractivity contribution in [1.82, 2.24) is 9.97 Å². The van der Waals surface area contributed by atoms with E-state index in [9.17, 15) is 0 Å². The average molecular weight is 669 g/mol. The molecule has 2 bridgehead atoms. The highest BCUT2D eigenvalue weighted by Crippen LogP contribution is 2.61. The molecule has 1 spiro atoms. The molecule has 52 heavy (non-hydrogen) atoms. The zero-order chi connectivity index (χ0) is 34.6. The van der Waals surface area contributed by atoms with Crippen molar-refractivity contribution in [3.8, 4) is 67.3 Å². The van der Waals surface area contributed by atoms with Gasteiger partial charge in [0.15, 0.2) is 5.82 Å². The summed E-state index contributed by atoms with van der Waals surface area (Å²) < 4.78 is 0. The molecule has 3 aliphatic carbocycles. The number of nitrogens with zero attached hydrogens (tertiary/aromatic N) is 2. The minimum atomic E-state index is -0.0872. The van der Waals surface area contributed by atoms with Crippen LogP contribution in [-0.2, 0) is 5.41 Å². The van der Waals surface area contributed by atoms with Crippen LogP contribution in [0.5, 0.6) is 0 Å². The molecule has 6 aromatic carbocycles. The van der Waals surface area contributed by atoms with E-state index >= 15 is 0 Å². The van der Waals surface area contributed by atoms with Gasteiger partial charge in [0, 0.05) is 22.1 Å². The van der Waals surface area contributed by atoms with E-state index in [0.29, 0.717) is 5.92 Å². The van der Waals surface area contributed by atoms with Gasteiger partial charge < -0.3 is 0 Å². The largest absolute Gasteiger partial charge is 0.228 e. The van der Waals surface area contributed by atoms with E-state index < -0.39 is 0 Å². The summed E-state index contributed by atoms with van der Waals surface area (Å²) in [4.78, 5) is 10.2. The van der Waals surface area contributed by atoms with Gasteiger partial charge in [0.1, 0.15) is 0 Å². The van der Waals surface area contributed by atoms with Crippen molar-refractivity contribution >= 4 is 0 Å². The van der Waals surface area contributed by atoms with Gasteiger partial charge in [0.05, 0.1) is 11.4 Å². The molecule has 7 aromatic rings. The molecule has 1 heterocycles. The first-order valence-electron chi connectivity index (χ1n) is 18.8. The number of hydrogen-bond acceptors (Lipinski definition) is 2. The van der Waals surface area contributed by atoms with Crippen molar-refractivity contribution in [2.45, 2.75) is 38.0 Å². The topological polar surface area (TPSA) is 25.8 Å². The van der Waals surface area contributed by atoms with Crippen LogP contribution in [0.1, 0.15) is 43.7 Å². The highest BCUT2D eigenvalue weighted by molar-refractivity contribution is 5.88. The summed E-state index contributed by atoms with van der Waals surface area (Å²) in [5.74, 6) is 2.14. The van der Waals surface area contributed by atoms with Gasteiger partial charge in [0.2, 0.25) is 0 Å². The SMILES string of the molecule is CC1C=C2CC(CCC23c2cc(-c4ccccc4)ccc2-c2ccc(-c4cccc(-c5cc(-c6ccccc6)nc(-c6ccccc6)n5)c4)cc23)C1. The van der Waals surface area contributed by atoms with Crippen molar-refractivity contribution in [1.29, 1.82) is 0 Å². The summed E-state index contributed by atoms with van der Waals surface area (Å²) in [6.07, 6.45) is 7.61. The Morgan fingerprint density at radius 2 is 1.04 bits per heavy atom. The smallest absolute Gasteiger partial charge is 0.160 e. The third-order valence-electron chi connectivity index (χ3n) is 11.9. The molecule has 3 aliphatic rings. The van der Waals surface area contributed by atoms with Gasteiger partial charge >= 0.3 is 0 Å². The third-order valence-corrected chi connectivity index (χ3v) is 11.9. The van der Waals surface area contributed by atoms with Crippen LogP contribution in [0.4, 0.5) is 0 Å². The van der Waals surface area contributed by atoms with Gasteiger partial charge in [-0.25, -0.2) is 9.97 Å². The first kappa shape index (κ1) is 30.9. The molecule has 10 rings (SSSR count). The van der Waals surface area contributed by atoms with Gasteiger partial charge in [-0.2, -0.15) is 0 Å². The molecule has 3 unspecified atom stereocenters. The molecule has 3 atom stereocenters. The molecular weight excluding hydrogens is 629 g/mol. The zero-order valence-electron chi connectivity index (χ0n) is 29.5. The van der Waals surface area contributed by atoms with Crippen LogP contribution >= 0.6 is 0 Å². The van der Waals surface area contributed by atoms with E-state index in [2.05, 4.69) is 146 Å². The van der Waals surface area contributed by atoms with Crippen molar-refractivity contribution < 1.29 is 0 Å². The van der Waals surface area contributed by atoms with Crippen LogP contribution in [0.3, 0.4) is 0 Å². The van der Waals surface area contributed by atoms with Crippen LogP contribution in [-0.4, -0.2) is 9.97 Å². The molecule has 1 saturated carbocycles. The summed E-state index contributed by atoms with van der Waals surface area (Å²) in [6.45, 7) is 2.42. The second kappa shape index (κ2) is 12.4. The Morgan fingerprint density at radius 1 is 0.500 bits per heavy atom. The maximum Gasteiger partial charge on any atom is 0.160 e. The molecule has 0 saturated heterocycles. The third kappa shape index (κ3) is 5.16. The summed E-state index contributed by atoms with van der Waals surface area (Å²) in [6, 6.07) is 57.2. The van der Waals surface area contributed by atoms with Gasteiger partial charge in [-0.3, -0.25) is 0 Å². The van der Waals surface area contributed by atoms with Gasteiger partial charge in [-0.1, -0.05) is 152 Å². The van der Waals surface area contributed by atoms with E-state index in [1.165, 1.54) is 70.2 Å². The van der Waals surface area contributed by atoms with Crippen LogP contribution in [0, 0.1) is 11.8 Å². The second-order valence-corrected chi connectivity index (χ2v) is 15.1. The van der Waals surface area contributed by atoms with Gasteiger partial charge in [0.25, 0.3) is 0 Å². The van der Waals surface area contributed by atoms with Crippen LogP contribution in [0.15, 0.2) is 169 Å². The fourth-order valence-corrected chi connectivity index (χ4v) is 9.46. The number of allylic oxidation sites excluding steroid dienone is 2. The lowest BCUT2D eigenvalue weighted by molar-refractivity contribution is 0.284. The van der Waals surface area contributed by atoms with Gasteiger partial charge in [-0.15, -0.1) is 0 Å². The van der Waals surface area contributed by atoms with Crippen LogP contribution in [0.2, 0.25) is 0 Å². The van der Waals surface area contributed by atoms with Gasteiger partial charge in [-0.05, 0) is 106 Å². The Bertz CT molecular complexity index is 2420. The maximum absolute atomic E-state index is 5.14. The summed E-state index contributed by atoms with van der Waals surface area (Å²) in [5, 5.41) is 0. The predicted octanol–water partition coefficient (Wildman–Crippen LogP) is 12.8. The Kier molecular flexibility index (Phi) is 7.39. The first-order valence-corrected chi connectivity index (χ1v) is 18.8. The Balaban J connectivity index is 1.11. The van der Waals surface area contributed by atoms with Crippen molar-refractivity contribution in [2.24, 2.45) is 11.8 Å². The van der Waals surface area contributed by atoms with Crippen molar-refractivity contribution in [2.75, 3.05) is 0 Å². The Morgan fingerprint density at radius 3 is 1.71 bits per heavy atom. The molecule has 0 aliphatic heterocycles. The molecule has 1 aromatic heterocycles. The van der Waals surface area contributed by atoms with Crippen molar-refractivity contribution in [3.63, 3.8) is 0 Å². The number of fused-ring (bicyclic) bond motifs is 8. The zero-order valence-corrected chi connectivity index (χ0v) is 29.5. The lowest BCUT2D eigenvalue weighted by Crippen LogP contribution is -2.36. The van der Waals surface area contributed by atoms with E-state index in [-0.39, 0.29) is 5.41 Å². The van der Waals surface area contributed by atoms with Crippen LogP contribution in [0.25, 0.3) is 67.3 Å². The van der Waals surface area contributed by atoms with Crippen LogP contribution < -0.4 is 0 Å². The fourth-order valence-electron chi connectivity index (χ4n) is 9.46. The monoisotopic (exact) mass is 668 g/mol. The number of hydrogen-bond donors (Lipinski definition) is 0. The number of benzene rings is 6. The Labute approximate surface area is 306 Å². The van der Waals surface area contributed by atoms with E-state index in [4.69, 9.17) is 9.97 Å². The fraction of sp³-hybridized carbons (Fsp3) is 0.160. The lowest BCUT2D eigenvalue weighted by atomic mass is 9.58. The number of aromatic nitrogens is 2. The summed E-state index contributed by atoms with van der Waals surface area (Å²) >= 11 is 0. The second-order valence-electron chi connectivity index (χ2n) is 15.1. The average Bonchev–Trinajstić information content (AvgIpc) is 3.49. The standard InChI is InChI=1S/C50H40N2/c1-33-26-34-24-25-50(42(27-33)28-34)45-30-39(35-12-5-2-6-13-35)20-22-43(45)44-23-21-40(31-46(44)50)38-18-11-19-41(29-38)48-32-47(36-14-7-3-8-15-36)51-49(52-48)37-16-9-4-10-17-37/h2-23,27,29-34H,24-26,28H2,1H3. The normalized spacial score (nSPS) is 19.9. The van der Waals surface area contributed by atoms with Crippen molar-refractivity contribution in [3.05, 3.63) is 181 Å². The lowest BCUT2D eigenvalue weighted by Gasteiger charge is -2.45. The van der Waals surface area contributed by atoms with E-state index in [1.807, 2.05) is 24.3 Å². The van der Waals surface area contributed by atoms with E-state index in [1.54, 1.807) is 5.57 Å². The minimum absolute atomic E-state index is 0.0872. The minimum Gasteiger partial charge on any atom is -0.228 e. The maximum atomic E-state index is 5.14. The first-order chi connectivity index (χ1) is 25.6. The molecule has 2 heteroatoms. The summed E-state index contributed by atoms with van der Waals surface area (Å²) in [7, 11) is 0. The molecule has 2 nitrogen and oxygen atoms in total. The highest BCUT2D eigenvalue weighted by Gasteiger charge is 2.49. The molecule has 0 radical (unpaired) electrons. The predicted molar refractivity (Wildman–Crippen MR) is 215 cm³/mol. The number of rotatable bonds is 5. The molecule has 250 valence electrons. The molecule has 0 N–H and O–H groups in total. The quantitative estimate of drug-likeness (QED) is 0.171. The molecule has 0 amide bonds.